The van der Waals surface area contributed by atoms with E-state index in [2.05, 4.69) is 5.32 Å². The molecular formula is C17H14Cl2N2O3. The van der Waals surface area contributed by atoms with Crippen LogP contribution in [-0.2, 0) is 11.3 Å². The van der Waals surface area contributed by atoms with Gasteiger partial charge in [-0.05, 0) is 36.8 Å². The van der Waals surface area contributed by atoms with Crippen molar-refractivity contribution in [3.8, 4) is 0 Å². The van der Waals surface area contributed by atoms with Gasteiger partial charge in [0.1, 0.15) is 6.54 Å². The van der Waals surface area contributed by atoms with Crippen LogP contribution in [-0.4, -0.2) is 10.5 Å². The van der Waals surface area contributed by atoms with Crippen LogP contribution < -0.4 is 11.1 Å². The van der Waals surface area contributed by atoms with Crippen LogP contribution in [0.4, 0.5) is 0 Å². The van der Waals surface area contributed by atoms with E-state index in [0.29, 0.717) is 21.1 Å². The molecule has 3 rings (SSSR count). The highest BCUT2D eigenvalue weighted by Crippen LogP contribution is 2.19. The first-order valence-corrected chi connectivity index (χ1v) is 8.03. The SMILES string of the molecule is C[C@@H](NC(=O)Cn1c(=O)oc2cc(Cl)ccc21)c1cccc(Cl)c1. The van der Waals surface area contributed by atoms with E-state index in [-0.39, 0.29) is 18.5 Å². The summed E-state index contributed by atoms with van der Waals surface area (Å²) >= 11 is 11.8. The van der Waals surface area contributed by atoms with Crippen molar-refractivity contribution >= 4 is 40.2 Å². The summed E-state index contributed by atoms with van der Waals surface area (Å²) < 4.78 is 6.38. The van der Waals surface area contributed by atoms with Crippen molar-refractivity contribution in [2.75, 3.05) is 0 Å². The van der Waals surface area contributed by atoms with Gasteiger partial charge in [0.2, 0.25) is 5.91 Å². The van der Waals surface area contributed by atoms with Crippen molar-refractivity contribution < 1.29 is 9.21 Å². The monoisotopic (exact) mass is 364 g/mol. The lowest BCUT2D eigenvalue weighted by atomic mass is 10.1. The predicted octanol–water partition coefficient (Wildman–Crippen LogP) is 3.78. The number of hydrogen-bond acceptors (Lipinski definition) is 3. The van der Waals surface area contributed by atoms with Crippen LogP contribution in [0.15, 0.2) is 51.7 Å². The maximum Gasteiger partial charge on any atom is 0.420 e. The van der Waals surface area contributed by atoms with Crippen molar-refractivity contribution in [1.82, 2.24) is 9.88 Å². The third kappa shape index (κ3) is 3.47. The van der Waals surface area contributed by atoms with Gasteiger partial charge >= 0.3 is 5.76 Å². The molecule has 1 N–H and O–H groups in total. The number of nitrogens with one attached hydrogen (secondary N) is 1. The molecule has 5 nitrogen and oxygen atoms in total. The lowest BCUT2D eigenvalue weighted by Crippen LogP contribution is -2.32. The summed E-state index contributed by atoms with van der Waals surface area (Å²) in [5.41, 5.74) is 1.75. The largest absolute Gasteiger partial charge is 0.420 e. The second-order valence-electron chi connectivity index (χ2n) is 5.41. The van der Waals surface area contributed by atoms with Crippen LogP contribution in [0.3, 0.4) is 0 Å². The first-order valence-electron chi connectivity index (χ1n) is 7.28. The molecule has 0 aliphatic carbocycles. The number of amides is 1. The lowest BCUT2D eigenvalue weighted by molar-refractivity contribution is -0.122. The number of fused-ring (bicyclic) bond motifs is 1. The number of halogens is 2. The summed E-state index contributed by atoms with van der Waals surface area (Å²) in [6, 6.07) is 11.8. The van der Waals surface area contributed by atoms with E-state index in [4.69, 9.17) is 27.6 Å². The minimum atomic E-state index is -0.599. The molecule has 24 heavy (non-hydrogen) atoms. The van der Waals surface area contributed by atoms with Gasteiger partial charge in [-0.15, -0.1) is 0 Å². The third-order valence-electron chi connectivity index (χ3n) is 3.66. The van der Waals surface area contributed by atoms with Crippen LogP contribution in [0.2, 0.25) is 10.0 Å². The molecule has 0 spiro atoms. The van der Waals surface area contributed by atoms with E-state index in [1.165, 1.54) is 4.57 Å². The van der Waals surface area contributed by atoms with Crippen molar-refractivity contribution in [3.05, 3.63) is 68.6 Å². The second-order valence-corrected chi connectivity index (χ2v) is 6.28. The van der Waals surface area contributed by atoms with Gasteiger partial charge < -0.3 is 9.73 Å². The molecule has 2 aromatic carbocycles. The normalized spacial score (nSPS) is 12.3. The molecule has 1 amide bonds. The Bertz CT molecular complexity index is 962. The average molecular weight is 365 g/mol. The zero-order valence-electron chi connectivity index (χ0n) is 12.8. The average Bonchev–Trinajstić information content (AvgIpc) is 2.82. The highest BCUT2D eigenvalue weighted by molar-refractivity contribution is 6.31. The molecule has 1 atom stereocenters. The van der Waals surface area contributed by atoms with Crippen LogP contribution in [0.1, 0.15) is 18.5 Å². The molecule has 0 aliphatic rings. The molecular weight excluding hydrogens is 351 g/mol. The molecule has 0 bridgehead atoms. The van der Waals surface area contributed by atoms with Gasteiger partial charge in [-0.1, -0.05) is 35.3 Å². The number of carbonyl (C=O) groups excluding carboxylic acids is 1. The first kappa shape index (κ1) is 16.6. The Morgan fingerprint density at radius 2 is 1.96 bits per heavy atom. The molecule has 3 aromatic rings. The van der Waals surface area contributed by atoms with Crippen molar-refractivity contribution in [1.29, 1.82) is 0 Å². The Labute approximate surface area is 147 Å². The number of aromatic nitrogens is 1. The maximum absolute atomic E-state index is 12.3. The standard InChI is InChI=1S/C17H14Cl2N2O3/c1-10(11-3-2-4-12(18)7-11)20-16(22)9-21-14-6-5-13(19)8-15(14)24-17(21)23/h2-8,10H,9H2,1H3,(H,20,22)/t10-/m1/s1. The fourth-order valence-electron chi connectivity index (χ4n) is 2.48. The summed E-state index contributed by atoms with van der Waals surface area (Å²) in [7, 11) is 0. The summed E-state index contributed by atoms with van der Waals surface area (Å²) in [4.78, 5) is 24.2. The molecule has 1 heterocycles. The zero-order valence-corrected chi connectivity index (χ0v) is 14.3. The lowest BCUT2D eigenvalue weighted by Gasteiger charge is -2.14. The molecule has 0 radical (unpaired) electrons. The Hall–Kier alpha value is -2.24. The van der Waals surface area contributed by atoms with Gasteiger partial charge in [0.15, 0.2) is 5.58 Å². The van der Waals surface area contributed by atoms with Gasteiger partial charge in [-0.25, -0.2) is 4.79 Å². The fraction of sp³-hybridized carbons (Fsp3) is 0.176. The highest BCUT2D eigenvalue weighted by Gasteiger charge is 2.15. The third-order valence-corrected chi connectivity index (χ3v) is 4.13. The van der Waals surface area contributed by atoms with E-state index in [1.54, 1.807) is 30.3 Å². The van der Waals surface area contributed by atoms with Gasteiger partial charge in [0.25, 0.3) is 0 Å². The van der Waals surface area contributed by atoms with Crippen LogP contribution in [0.25, 0.3) is 11.1 Å². The maximum atomic E-state index is 12.3. The predicted molar refractivity (Wildman–Crippen MR) is 93.5 cm³/mol. The van der Waals surface area contributed by atoms with Crippen LogP contribution in [0.5, 0.6) is 0 Å². The van der Waals surface area contributed by atoms with E-state index in [0.717, 1.165) is 5.56 Å². The quantitative estimate of drug-likeness (QED) is 0.765. The first-order chi connectivity index (χ1) is 11.4. The van der Waals surface area contributed by atoms with E-state index in [1.807, 2.05) is 19.1 Å². The van der Waals surface area contributed by atoms with Crippen LogP contribution in [0, 0.1) is 0 Å². The highest BCUT2D eigenvalue weighted by atomic mass is 35.5. The zero-order chi connectivity index (χ0) is 17.3. The van der Waals surface area contributed by atoms with Crippen molar-refractivity contribution in [3.63, 3.8) is 0 Å². The number of hydrogen-bond donors (Lipinski definition) is 1. The minimum absolute atomic E-state index is 0.141. The molecule has 0 saturated carbocycles. The Morgan fingerprint density at radius 3 is 2.71 bits per heavy atom. The van der Waals surface area contributed by atoms with Crippen molar-refractivity contribution in [2.24, 2.45) is 0 Å². The van der Waals surface area contributed by atoms with Gasteiger partial charge in [0.05, 0.1) is 11.6 Å². The van der Waals surface area contributed by atoms with Gasteiger partial charge in [-0.2, -0.15) is 0 Å². The molecule has 7 heteroatoms. The summed E-state index contributed by atoms with van der Waals surface area (Å²) in [5, 5.41) is 3.90. The smallest absolute Gasteiger partial charge is 0.408 e. The molecule has 0 fully saturated rings. The molecule has 1 aromatic heterocycles. The van der Waals surface area contributed by atoms with Gasteiger partial charge in [0, 0.05) is 16.1 Å². The number of carbonyl (C=O) groups is 1. The number of nitrogens with zero attached hydrogens (tertiary/aromatic N) is 1. The Morgan fingerprint density at radius 1 is 1.21 bits per heavy atom. The van der Waals surface area contributed by atoms with Crippen LogP contribution >= 0.6 is 23.2 Å². The number of benzene rings is 2. The van der Waals surface area contributed by atoms with E-state index in [9.17, 15) is 9.59 Å². The summed E-state index contributed by atoms with van der Waals surface area (Å²) in [6.45, 7) is 1.71. The Balaban J connectivity index is 1.78. The molecule has 0 aliphatic heterocycles. The topological polar surface area (TPSA) is 64.2 Å². The fourth-order valence-corrected chi connectivity index (χ4v) is 2.84. The van der Waals surface area contributed by atoms with E-state index < -0.39 is 5.76 Å². The number of rotatable bonds is 4. The molecule has 0 unspecified atom stereocenters. The van der Waals surface area contributed by atoms with E-state index >= 15 is 0 Å². The Kier molecular flexibility index (Phi) is 4.64. The minimum Gasteiger partial charge on any atom is -0.408 e. The molecule has 0 saturated heterocycles. The summed E-state index contributed by atoms with van der Waals surface area (Å²) in [6.07, 6.45) is 0. The number of oxazole rings is 1. The second kappa shape index (κ2) is 6.71. The van der Waals surface area contributed by atoms with Gasteiger partial charge in [-0.3, -0.25) is 9.36 Å². The molecule has 124 valence electrons. The van der Waals surface area contributed by atoms with Crippen molar-refractivity contribution in [2.45, 2.75) is 19.5 Å². The summed E-state index contributed by atoms with van der Waals surface area (Å²) in [5.74, 6) is -0.903.